The van der Waals surface area contributed by atoms with Gasteiger partial charge in [0.2, 0.25) is 0 Å². The fourth-order valence-electron chi connectivity index (χ4n) is 3.63. The van der Waals surface area contributed by atoms with Gasteiger partial charge in [-0.05, 0) is 36.4 Å². The number of carbonyl (C=O) groups is 1. The number of urea groups is 1. The van der Waals surface area contributed by atoms with Crippen LogP contribution in [0.2, 0.25) is 0 Å². The lowest BCUT2D eigenvalue weighted by atomic mass is 10.2. The molecular weight excluding hydrogens is 380 g/mol. The normalized spacial score (nSPS) is 13.2. The third kappa shape index (κ3) is 3.54. The van der Waals surface area contributed by atoms with Crippen molar-refractivity contribution >= 4 is 51.4 Å². The predicted molar refractivity (Wildman–Crippen MR) is 122 cm³/mol. The van der Waals surface area contributed by atoms with Gasteiger partial charge in [0.1, 0.15) is 0 Å². The number of nitrogens with one attached hydrogen (secondary N) is 3. The Hall–Kier alpha value is -3.38. The van der Waals surface area contributed by atoms with E-state index in [1.165, 1.54) is 16.3 Å². The zero-order valence-electron chi connectivity index (χ0n) is 15.7. The molecule has 0 bridgehead atoms. The number of fused-ring (bicyclic) bond motifs is 2. The number of hydrogen-bond acceptors (Lipinski definition) is 3. The molecule has 0 saturated heterocycles. The van der Waals surface area contributed by atoms with Gasteiger partial charge in [0, 0.05) is 45.7 Å². The van der Waals surface area contributed by atoms with Crippen molar-refractivity contribution in [1.29, 1.82) is 0 Å². The van der Waals surface area contributed by atoms with Gasteiger partial charge in [-0.2, -0.15) is 0 Å². The van der Waals surface area contributed by atoms with Crippen molar-refractivity contribution in [2.75, 3.05) is 27.8 Å². The number of aromatic amines is 1. The summed E-state index contributed by atoms with van der Waals surface area (Å²) in [6.07, 6.45) is 1.81. The largest absolute Gasteiger partial charge is 0.359 e. The molecule has 1 aliphatic heterocycles. The Morgan fingerprint density at radius 3 is 2.69 bits per heavy atom. The molecule has 144 valence electrons. The third-order valence-corrected chi connectivity index (χ3v) is 6.01. The lowest BCUT2D eigenvalue weighted by molar-refractivity contribution is 0.262. The van der Waals surface area contributed by atoms with Crippen LogP contribution in [0.4, 0.5) is 27.5 Å². The number of para-hydroxylation sites is 2. The molecule has 0 atom stereocenters. The van der Waals surface area contributed by atoms with Gasteiger partial charge in [0.05, 0.1) is 11.4 Å². The molecule has 1 aliphatic rings. The number of nitrogens with zero attached hydrogens (tertiary/aromatic N) is 1. The van der Waals surface area contributed by atoms with Crippen LogP contribution in [0, 0.1) is 0 Å². The monoisotopic (exact) mass is 400 g/mol. The van der Waals surface area contributed by atoms with Crippen LogP contribution in [0.3, 0.4) is 0 Å². The van der Waals surface area contributed by atoms with E-state index in [2.05, 4.69) is 50.8 Å². The molecule has 0 unspecified atom stereocenters. The number of amides is 2. The molecule has 0 spiro atoms. The lowest BCUT2D eigenvalue weighted by Gasteiger charge is -2.31. The molecule has 2 amide bonds. The standard InChI is InChI=1S/C23H20N4OS/c28-23(26-20-15-24-19-9-5-4-8-18(19)20)25-16-10-11-21-22(14-16)29-13-12-27(21)17-6-2-1-3-7-17/h1-11,14-15,24H,12-13H2,(H2,25,26,28). The van der Waals surface area contributed by atoms with E-state index in [9.17, 15) is 4.79 Å². The molecule has 0 saturated carbocycles. The highest BCUT2D eigenvalue weighted by Crippen LogP contribution is 2.40. The van der Waals surface area contributed by atoms with Crippen molar-refractivity contribution in [3.8, 4) is 0 Å². The summed E-state index contributed by atoms with van der Waals surface area (Å²) >= 11 is 1.82. The zero-order chi connectivity index (χ0) is 19.6. The number of hydrogen-bond donors (Lipinski definition) is 3. The van der Waals surface area contributed by atoms with Crippen molar-refractivity contribution in [2.45, 2.75) is 4.90 Å². The van der Waals surface area contributed by atoms with Gasteiger partial charge >= 0.3 is 6.03 Å². The Bertz CT molecular complexity index is 1170. The highest BCUT2D eigenvalue weighted by atomic mass is 32.2. The topological polar surface area (TPSA) is 60.2 Å². The first-order valence-electron chi connectivity index (χ1n) is 9.51. The third-order valence-electron chi connectivity index (χ3n) is 4.99. The van der Waals surface area contributed by atoms with Crippen LogP contribution < -0.4 is 15.5 Å². The molecule has 0 radical (unpaired) electrons. The van der Waals surface area contributed by atoms with Crippen LogP contribution in [0.5, 0.6) is 0 Å². The molecule has 5 nitrogen and oxygen atoms in total. The Morgan fingerprint density at radius 2 is 1.79 bits per heavy atom. The summed E-state index contributed by atoms with van der Waals surface area (Å²) in [6, 6.07) is 24.1. The Balaban J connectivity index is 1.34. The second-order valence-corrected chi connectivity index (χ2v) is 7.98. The molecule has 0 fully saturated rings. The van der Waals surface area contributed by atoms with E-state index in [-0.39, 0.29) is 6.03 Å². The smallest absolute Gasteiger partial charge is 0.323 e. The van der Waals surface area contributed by atoms with Gasteiger partial charge in [0.15, 0.2) is 0 Å². The van der Waals surface area contributed by atoms with E-state index < -0.39 is 0 Å². The van der Waals surface area contributed by atoms with Crippen molar-refractivity contribution in [3.05, 3.63) is 79.0 Å². The Kier molecular flexibility index (Phi) is 4.62. The predicted octanol–water partition coefficient (Wildman–Crippen LogP) is 6.06. The van der Waals surface area contributed by atoms with Crippen molar-refractivity contribution in [2.24, 2.45) is 0 Å². The molecule has 0 aliphatic carbocycles. The summed E-state index contributed by atoms with van der Waals surface area (Å²) in [5.41, 5.74) is 4.90. The first kappa shape index (κ1) is 17.7. The second-order valence-electron chi connectivity index (χ2n) is 6.85. The quantitative estimate of drug-likeness (QED) is 0.392. The zero-order valence-corrected chi connectivity index (χ0v) is 16.5. The van der Waals surface area contributed by atoms with Crippen molar-refractivity contribution in [1.82, 2.24) is 4.98 Å². The van der Waals surface area contributed by atoms with Crippen LogP contribution in [0.15, 0.2) is 83.9 Å². The van der Waals surface area contributed by atoms with Gasteiger partial charge in [-0.15, -0.1) is 11.8 Å². The van der Waals surface area contributed by atoms with Crippen LogP contribution in [-0.2, 0) is 0 Å². The highest BCUT2D eigenvalue weighted by molar-refractivity contribution is 7.99. The number of carbonyl (C=O) groups excluding carboxylic acids is 1. The number of rotatable bonds is 3. The maximum Gasteiger partial charge on any atom is 0.323 e. The average molecular weight is 401 g/mol. The van der Waals surface area contributed by atoms with E-state index >= 15 is 0 Å². The van der Waals surface area contributed by atoms with Crippen molar-refractivity contribution < 1.29 is 4.79 Å². The van der Waals surface area contributed by atoms with E-state index in [0.29, 0.717) is 0 Å². The van der Waals surface area contributed by atoms with Crippen molar-refractivity contribution in [3.63, 3.8) is 0 Å². The maximum atomic E-state index is 12.5. The summed E-state index contributed by atoms with van der Waals surface area (Å²) < 4.78 is 0. The van der Waals surface area contributed by atoms with Crippen LogP contribution in [0.1, 0.15) is 0 Å². The highest BCUT2D eigenvalue weighted by Gasteiger charge is 2.19. The number of thioether (sulfide) groups is 1. The number of benzene rings is 3. The fraction of sp³-hybridized carbons (Fsp3) is 0.0870. The molecular formula is C23H20N4OS. The number of H-pyrrole nitrogens is 1. The molecule has 5 rings (SSSR count). The first-order chi connectivity index (χ1) is 14.3. The first-order valence-corrected chi connectivity index (χ1v) is 10.5. The minimum atomic E-state index is -0.254. The minimum Gasteiger partial charge on any atom is -0.359 e. The van der Waals surface area contributed by atoms with Crippen LogP contribution >= 0.6 is 11.8 Å². The molecule has 3 N–H and O–H groups in total. The molecule has 3 aromatic carbocycles. The molecule has 4 aromatic rings. The molecule has 29 heavy (non-hydrogen) atoms. The second kappa shape index (κ2) is 7.56. The summed E-state index contributed by atoms with van der Waals surface area (Å²) in [6.45, 7) is 0.968. The summed E-state index contributed by atoms with van der Waals surface area (Å²) in [4.78, 5) is 19.2. The van der Waals surface area contributed by atoms with Gasteiger partial charge in [-0.1, -0.05) is 36.4 Å². The fourth-order valence-corrected chi connectivity index (χ4v) is 4.66. The summed E-state index contributed by atoms with van der Waals surface area (Å²) in [7, 11) is 0. The minimum absolute atomic E-state index is 0.254. The molecule has 6 heteroatoms. The van der Waals surface area contributed by atoms with Gasteiger partial charge < -0.3 is 20.5 Å². The SMILES string of the molecule is O=C(Nc1ccc2c(c1)SCCN2c1ccccc1)Nc1c[nH]c2ccccc12. The van der Waals surface area contributed by atoms with Gasteiger partial charge in [-0.25, -0.2) is 4.79 Å². The van der Waals surface area contributed by atoms with E-state index in [0.717, 1.165) is 34.6 Å². The Morgan fingerprint density at radius 1 is 0.966 bits per heavy atom. The maximum absolute atomic E-state index is 12.5. The van der Waals surface area contributed by atoms with E-state index in [1.807, 2.05) is 60.4 Å². The number of aromatic nitrogens is 1. The number of anilines is 4. The lowest BCUT2D eigenvalue weighted by Crippen LogP contribution is -2.24. The Labute approximate surface area is 173 Å². The molecule has 2 heterocycles. The van der Waals surface area contributed by atoms with E-state index in [1.54, 1.807) is 0 Å². The summed E-state index contributed by atoms with van der Waals surface area (Å²) in [5.74, 6) is 1.01. The van der Waals surface area contributed by atoms with Gasteiger partial charge in [0.25, 0.3) is 0 Å². The van der Waals surface area contributed by atoms with Crippen LogP contribution in [-0.4, -0.2) is 23.3 Å². The average Bonchev–Trinajstić information content (AvgIpc) is 3.16. The summed E-state index contributed by atoms with van der Waals surface area (Å²) in [5, 5.41) is 6.87. The molecule has 1 aromatic heterocycles. The van der Waals surface area contributed by atoms with E-state index in [4.69, 9.17) is 0 Å². The van der Waals surface area contributed by atoms with Crippen LogP contribution in [0.25, 0.3) is 10.9 Å². The van der Waals surface area contributed by atoms with Gasteiger partial charge in [-0.3, -0.25) is 0 Å².